The molecule has 1 heteroatoms. The summed E-state index contributed by atoms with van der Waals surface area (Å²) in [5.74, 6) is -0.183. The van der Waals surface area contributed by atoms with E-state index in [4.69, 9.17) is 0 Å². The first kappa shape index (κ1) is 12.8. The van der Waals surface area contributed by atoms with Gasteiger partial charge in [-0.2, -0.15) is 0 Å². The first-order chi connectivity index (χ1) is 8.79. The monoisotopic (exact) mass is 242 g/mol. The van der Waals surface area contributed by atoms with Crippen molar-refractivity contribution < 1.29 is 4.39 Å². The second kappa shape index (κ2) is 6.34. The van der Waals surface area contributed by atoms with Gasteiger partial charge in [-0.25, -0.2) is 4.39 Å². The zero-order valence-corrected chi connectivity index (χ0v) is 10.8. The number of benzene rings is 2. The highest BCUT2D eigenvalue weighted by Gasteiger charge is 2.00. The van der Waals surface area contributed by atoms with Crippen LogP contribution in [0.15, 0.2) is 48.5 Å². The molecule has 0 aliphatic rings. The van der Waals surface area contributed by atoms with Gasteiger partial charge in [-0.1, -0.05) is 56.2 Å². The summed E-state index contributed by atoms with van der Waals surface area (Å²) >= 11 is 0. The first-order valence-electron chi connectivity index (χ1n) is 6.64. The molecule has 0 radical (unpaired) electrons. The lowest BCUT2D eigenvalue weighted by Gasteiger charge is -2.05. The minimum absolute atomic E-state index is 0.183. The minimum atomic E-state index is -0.183. The summed E-state index contributed by atoms with van der Waals surface area (Å²) in [6.07, 6.45) is 4.89. The molecule has 0 fully saturated rings. The van der Waals surface area contributed by atoms with E-state index in [9.17, 15) is 4.39 Å². The Hall–Kier alpha value is -1.63. The third-order valence-electron chi connectivity index (χ3n) is 3.17. The van der Waals surface area contributed by atoms with Crippen LogP contribution in [0, 0.1) is 5.82 Å². The van der Waals surface area contributed by atoms with Gasteiger partial charge in [-0.15, -0.1) is 0 Å². The van der Waals surface area contributed by atoms with Crippen LogP contribution in [0.2, 0.25) is 0 Å². The molecule has 0 unspecified atom stereocenters. The van der Waals surface area contributed by atoms with Crippen LogP contribution in [0.4, 0.5) is 4.39 Å². The Bertz CT molecular complexity index is 485. The van der Waals surface area contributed by atoms with Gasteiger partial charge < -0.3 is 0 Å². The second-order valence-corrected chi connectivity index (χ2v) is 4.66. The van der Waals surface area contributed by atoms with Crippen LogP contribution in [0.25, 0.3) is 11.1 Å². The Morgan fingerprint density at radius 2 is 1.67 bits per heavy atom. The third-order valence-corrected chi connectivity index (χ3v) is 3.17. The van der Waals surface area contributed by atoms with E-state index in [2.05, 4.69) is 31.2 Å². The van der Waals surface area contributed by atoms with Crippen molar-refractivity contribution in [2.75, 3.05) is 0 Å². The molecule has 0 heterocycles. The number of aryl methyl sites for hydroxylation is 1. The van der Waals surface area contributed by atoms with E-state index in [0.717, 1.165) is 12.0 Å². The lowest BCUT2D eigenvalue weighted by molar-refractivity contribution is 0.628. The van der Waals surface area contributed by atoms with E-state index in [0.29, 0.717) is 0 Å². The van der Waals surface area contributed by atoms with Gasteiger partial charge in [-0.3, -0.25) is 0 Å². The van der Waals surface area contributed by atoms with Gasteiger partial charge in [0.25, 0.3) is 0 Å². The fourth-order valence-corrected chi connectivity index (χ4v) is 2.13. The highest BCUT2D eigenvalue weighted by Crippen LogP contribution is 2.21. The molecular weight excluding hydrogens is 223 g/mol. The highest BCUT2D eigenvalue weighted by atomic mass is 19.1. The number of hydrogen-bond acceptors (Lipinski definition) is 0. The normalized spacial score (nSPS) is 10.6. The van der Waals surface area contributed by atoms with E-state index in [1.165, 1.54) is 42.5 Å². The molecule has 0 aromatic heterocycles. The third kappa shape index (κ3) is 3.43. The van der Waals surface area contributed by atoms with Crippen LogP contribution in [0.1, 0.15) is 31.7 Å². The van der Waals surface area contributed by atoms with Gasteiger partial charge in [0.15, 0.2) is 0 Å². The molecular formula is C17H19F. The predicted octanol–water partition coefficient (Wildman–Crippen LogP) is 5.23. The lowest BCUT2D eigenvalue weighted by Crippen LogP contribution is -1.87. The Morgan fingerprint density at radius 3 is 2.39 bits per heavy atom. The average molecular weight is 242 g/mol. The Labute approximate surface area is 108 Å². The summed E-state index contributed by atoms with van der Waals surface area (Å²) in [5.41, 5.74) is 3.61. The average Bonchev–Trinajstić information content (AvgIpc) is 2.40. The molecule has 0 saturated heterocycles. The van der Waals surface area contributed by atoms with Crippen LogP contribution in [-0.2, 0) is 6.42 Å². The summed E-state index contributed by atoms with van der Waals surface area (Å²) in [4.78, 5) is 0. The Balaban J connectivity index is 2.13. The minimum Gasteiger partial charge on any atom is -0.207 e. The molecule has 94 valence electrons. The van der Waals surface area contributed by atoms with Gasteiger partial charge in [0.2, 0.25) is 0 Å². The number of hydrogen-bond donors (Lipinski definition) is 0. The van der Waals surface area contributed by atoms with Gasteiger partial charge in [0.05, 0.1) is 0 Å². The predicted molar refractivity (Wildman–Crippen MR) is 75.1 cm³/mol. The van der Waals surface area contributed by atoms with Crippen molar-refractivity contribution in [2.24, 2.45) is 0 Å². The van der Waals surface area contributed by atoms with Crippen molar-refractivity contribution in [3.05, 3.63) is 59.9 Å². The fraction of sp³-hybridized carbons (Fsp3) is 0.294. The molecule has 0 aliphatic carbocycles. The highest BCUT2D eigenvalue weighted by molar-refractivity contribution is 5.64. The summed E-state index contributed by atoms with van der Waals surface area (Å²) in [6.45, 7) is 2.22. The standard InChI is InChI=1S/C17H19F/c1-2-3-4-6-14-7-5-8-16(13-14)15-9-11-17(18)12-10-15/h5,7-13H,2-4,6H2,1H3. The zero-order chi connectivity index (χ0) is 12.8. The quantitative estimate of drug-likeness (QED) is 0.630. The largest absolute Gasteiger partial charge is 0.207 e. The molecule has 2 rings (SSSR count). The van der Waals surface area contributed by atoms with Crippen molar-refractivity contribution in [2.45, 2.75) is 32.6 Å². The molecule has 0 spiro atoms. The first-order valence-corrected chi connectivity index (χ1v) is 6.64. The summed E-state index contributed by atoms with van der Waals surface area (Å²) in [6, 6.07) is 15.2. The van der Waals surface area contributed by atoms with Crippen LogP contribution < -0.4 is 0 Å². The topological polar surface area (TPSA) is 0 Å². The molecule has 0 atom stereocenters. The van der Waals surface area contributed by atoms with Crippen LogP contribution in [0.3, 0.4) is 0 Å². The van der Waals surface area contributed by atoms with Crippen molar-refractivity contribution in [1.82, 2.24) is 0 Å². The maximum atomic E-state index is 12.9. The smallest absolute Gasteiger partial charge is 0.123 e. The van der Waals surface area contributed by atoms with E-state index in [-0.39, 0.29) is 5.82 Å². The number of unbranched alkanes of at least 4 members (excludes halogenated alkanes) is 2. The summed E-state index contributed by atoms with van der Waals surface area (Å²) in [5, 5.41) is 0. The van der Waals surface area contributed by atoms with E-state index >= 15 is 0 Å². The molecule has 2 aromatic rings. The number of halogens is 1. The van der Waals surface area contributed by atoms with Gasteiger partial charge in [0.1, 0.15) is 5.82 Å². The van der Waals surface area contributed by atoms with Gasteiger partial charge in [-0.05, 0) is 41.7 Å². The van der Waals surface area contributed by atoms with Crippen molar-refractivity contribution in [3.8, 4) is 11.1 Å². The van der Waals surface area contributed by atoms with E-state index < -0.39 is 0 Å². The number of rotatable bonds is 5. The van der Waals surface area contributed by atoms with Gasteiger partial charge >= 0.3 is 0 Å². The van der Waals surface area contributed by atoms with Crippen LogP contribution in [0.5, 0.6) is 0 Å². The Morgan fingerprint density at radius 1 is 0.889 bits per heavy atom. The summed E-state index contributed by atoms with van der Waals surface area (Å²) < 4.78 is 12.9. The lowest BCUT2D eigenvalue weighted by atomic mass is 10.0. The maximum absolute atomic E-state index is 12.9. The van der Waals surface area contributed by atoms with Crippen LogP contribution >= 0.6 is 0 Å². The van der Waals surface area contributed by atoms with E-state index in [1.807, 2.05) is 12.1 Å². The molecule has 0 bridgehead atoms. The maximum Gasteiger partial charge on any atom is 0.123 e. The molecule has 0 aliphatic heterocycles. The molecule has 0 amide bonds. The van der Waals surface area contributed by atoms with Crippen LogP contribution in [-0.4, -0.2) is 0 Å². The molecule has 0 N–H and O–H groups in total. The second-order valence-electron chi connectivity index (χ2n) is 4.66. The van der Waals surface area contributed by atoms with Crippen molar-refractivity contribution >= 4 is 0 Å². The van der Waals surface area contributed by atoms with E-state index in [1.54, 1.807) is 0 Å². The Kier molecular flexibility index (Phi) is 4.52. The SMILES string of the molecule is CCCCCc1cccc(-c2ccc(F)cc2)c1. The molecule has 2 aromatic carbocycles. The molecule has 0 saturated carbocycles. The molecule has 18 heavy (non-hydrogen) atoms. The fourth-order valence-electron chi connectivity index (χ4n) is 2.13. The van der Waals surface area contributed by atoms with Gasteiger partial charge in [0, 0.05) is 0 Å². The van der Waals surface area contributed by atoms with Crippen molar-refractivity contribution in [1.29, 1.82) is 0 Å². The molecule has 0 nitrogen and oxygen atoms in total. The van der Waals surface area contributed by atoms with Crippen molar-refractivity contribution in [3.63, 3.8) is 0 Å². The zero-order valence-electron chi connectivity index (χ0n) is 10.8. The summed E-state index contributed by atoms with van der Waals surface area (Å²) in [7, 11) is 0.